The molecule has 0 unspecified atom stereocenters. The standard InChI is InChI=1S/C9H9NO4/c11-6-10-7-2-1-3-8(4-7)14-5-9(12)13/h1-4,6H,5H2,(H,10,11)(H,12,13). The normalized spacial score (nSPS) is 9.14. The van der Waals surface area contributed by atoms with Crippen LogP contribution in [0.5, 0.6) is 5.75 Å². The van der Waals surface area contributed by atoms with Gasteiger partial charge >= 0.3 is 5.97 Å². The fourth-order valence-corrected chi connectivity index (χ4v) is 0.889. The van der Waals surface area contributed by atoms with Gasteiger partial charge in [-0.05, 0) is 12.1 Å². The molecule has 74 valence electrons. The van der Waals surface area contributed by atoms with Gasteiger partial charge in [-0.15, -0.1) is 0 Å². The molecule has 0 fully saturated rings. The lowest BCUT2D eigenvalue weighted by molar-refractivity contribution is -0.139. The van der Waals surface area contributed by atoms with Gasteiger partial charge in [-0.2, -0.15) is 0 Å². The largest absolute Gasteiger partial charge is 0.482 e. The fourth-order valence-electron chi connectivity index (χ4n) is 0.889. The number of hydrogen-bond donors (Lipinski definition) is 2. The Hall–Kier alpha value is -2.04. The lowest BCUT2D eigenvalue weighted by Crippen LogP contribution is -2.09. The van der Waals surface area contributed by atoms with Crippen LogP contribution in [0.4, 0.5) is 5.69 Å². The summed E-state index contributed by atoms with van der Waals surface area (Å²) in [7, 11) is 0. The summed E-state index contributed by atoms with van der Waals surface area (Å²) in [6.45, 7) is -0.398. The van der Waals surface area contributed by atoms with Crippen molar-refractivity contribution >= 4 is 18.1 Å². The number of benzene rings is 1. The molecule has 0 atom stereocenters. The van der Waals surface area contributed by atoms with Crippen LogP contribution in [0, 0.1) is 0 Å². The summed E-state index contributed by atoms with van der Waals surface area (Å²) in [4.78, 5) is 20.3. The van der Waals surface area contributed by atoms with Gasteiger partial charge in [0.1, 0.15) is 5.75 Å². The van der Waals surface area contributed by atoms with E-state index in [0.717, 1.165) is 0 Å². The summed E-state index contributed by atoms with van der Waals surface area (Å²) in [6, 6.07) is 6.47. The van der Waals surface area contributed by atoms with Crippen LogP contribution < -0.4 is 10.1 Å². The van der Waals surface area contributed by atoms with Gasteiger partial charge in [0, 0.05) is 11.8 Å². The number of carbonyl (C=O) groups excluding carboxylic acids is 1. The van der Waals surface area contributed by atoms with E-state index in [1.165, 1.54) is 6.07 Å². The number of hydrogen-bond acceptors (Lipinski definition) is 3. The molecule has 5 nitrogen and oxygen atoms in total. The molecule has 1 aromatic carbocycles. The molecular formula is C9H9NO4. The highest BCUT2D eigenvalue weighted by atomic mass is 16.5. The highest BCUT2D eigenvalue weighted by molar-refractivity contribution is 5.72. The van der Waals surface area contributed by atoms with E-state index in [4.69, 9.17) is 9.84 Å². The Kier molecular flexibility index (Phi) is 3.49. The van der Waals surface area contributed by atoms with E-state index in [9.17, 15) is 9.59 Å². The molecule has 0 bridgehead atoms. The zero-order valence-corrected chi connectivity index (χ0v) is 7.27. The second-order valence-corrected chi connectivity index (χ2v) is 2.47. The molecule has 0 aliphatic rings. The van der Waals surface area contributed by atoms with Crippen molar-refractivity contribution in [2.75, 3.05) is 11.9 Å². The zero-order valence-electron chi connectivity index (χ0n) is 7.27. The Labute approximate surface area is 80.3 Å². The predicted molar refractivity (Wildman–Crippen MR) is 49.3 cm³/mol. The van der Waals surface area contributed by atoms with Gasteiger partial charge in [-0.25, -0.2) is 4.79 Å². The first-order valence-corrected chi connectivity index (χ1v) is 3.87. The van der Waals surface area contributed by atoms with Crippen molar-refractivity contribution < 1.29 is 19.4 Å². The second kappa shape index (κ2) is 4.86. The number of amides is 1. The Morgan fingerprint density at radius 3 is 3.00 bits per heavy atom. The third-order valence-electron chi connectivity index (χ3n) is 1.42. The van der Waals surface area contributed by atoms with Gasteiger partial charge in [0.15, 0.2) is 6.61 Å². The van der Waals surface area contributed by atoms with Crippen molar-refractivity contribution in [1.82, 2.24) is 0 Å². The van der Waals surface area contributed by atoms with Crippen LogP contribution >= 0.6 is 0 Å². The van der Waals surface area contributed by atoms with Gasteiger partial charge < -0.3 is 15.2 Å². The maximum atomic E-state index is 10.2. The third-order valence-corrected chi connectivity index (χ3v) is 1.42. The summed E-state index contributed by atoms with van der Waals surface area (Å²) in [6.07, 6.45) is 0.538. The van der Waals surface area contributed by atoms with Crippen LogP contribution in [-0.4, -0.2) is 24.1 Å². The number of ether oxygens (including phenoxy) is 1. The monoisotopic (exact) mass is 195 g/mol. The molecule has 0 saturated carbocycles. The maximum Gasteiger partial charge on any atom is 0.341 e. The van der Waals surface area contributed by atoms with Crippen LogP contribution in [-0.2, 0) is 9.59 Å². The number of rotatable bonds is 5. The Morgan fingerprint density at radius 2 is 2.36 bits per heavy atom. The fraction of sp³-hybridized carbons (Fsp3) is 0.111. The van der Waals surface area contributed by atoms with E-state index in [1.54, 1.807) is 18.2 Å². The lowest BCUT2D eigenvalue weighted by atomic mass is 10.3. The van der Waals surface area contributed by atoms with E-state index in [0.29, 0.717) is 17.8 Å². The van der Waals surface area contributed by atoms with Crippen LogP contribution in [0.15, 0.2) is 24.3 Å². The topological polar surface area (TPSA) is 75.6 Å². The molecular weight excluding hydrogens is 186 g/mol. The van der Waals surface area contributed by atoms with E-state index in [2.05, 4.69) is 5.32 Å². The lowest BCUT2D eigenvalue weighted by Gasteiger charge is -2.04. The van der Waals surface area contributed by atoms with Gasteiger partial charge in [0.2, 0.25) is 6.41 Å². The van der Waals surface area contributed by atoms with Crippen molar-refractivity contribution in [3.05, 3.63) is 24.3 Å². The Bertz CT molecular complexity index is 337. The molecule has 14 heavy (non-hydrogen) atoms. The van der Waals surface area contributed by atoms with Gasteiger partial charge in [-0.1, -0.05) is 6.07 Å². The maximum absolute atomic E-state index is 10.2. The minimum Gasteiger partial charge on any atom is -0.482 e. The Morgan fingerprint density at radius 1 is 1.57 bits per heavy atom. The van der Waals surface area contributed by atoms with E-state index < -0.39 is 12.6 Å². The van der Waals surface area contributed by atoms with Crippen LogP contribution in [0.2, 0.25) is 0 Å². The van der Waals surface area contributed by atoms with Crippen molar-refractivity contribution in [2.24, 2.45) is 0 Å². The highest BCUT2D eigenvalue weighted by Crippen LogP contribution is 2.16. The summed E-state index contributed by atoms with van der Waals surface area (Å²) in [5.74, 6) is -0.641. The number of carboxylic acids is 1. The second-order valence-electron chi connectivity index (χ2n) is 2.47. The first-order valence-electron chi connectivity index (χ1n) is 3.87. The predicted octanol–water partition coefficient (Wildman–Crippen LogP) is 0.718. The minimum atomic E-state index is -1.04. The Balaban J connectivity index is 2.63. The number of carboxylic acid groups (broad SMARTS) is 1. The summed E-state index contributed by atoms with van der Waals surface area (Å²) < 4.78 is 4.90. The number of aliphatic carboxylic acids is 1. The molecule has 5 heteroatoms. The summed E-state index contributed by atoms with van der Waals surface area (Å²) in [5.41, 5.74) is 0.558. The molecule has 0 aromatic heterocycles. The molecule has 0 aliphatic heterocycles. The molecule has 2 N–H and O–H groups in total. The molecule has 0 saturated heterocycles. The third kappa shape index (κ3) is 3.14. The molecule has 0 spiro atoms. The van der Waals surface area contributed by atoms with Crippen LogP contribution in [0.25, 0.3) is 0 Å². The van der Waals surface area contributed by atoms with Crippen LogP contribution in [0.1, 0.15) is 0 Å². The van der Waals surface area contributed by atoms with Gasteiger partial charge in [0.25, 0.3) is 0 Å². The van der Waals surface area contributed by atoms with E-state index in [-0.39, 0.29) is 0 Å². The molecule has 0 heterocycles. The van der Waals surface area contributed by atoms with E-state index >= 15 is 0 Å². The number of anilines is 1. The van der Waals surface area contributed by atoms with Crippen molar-refractivity contribution in [3.8, 4) is 5.75 Å². The average Bonchev–Trinajstić information content (AvgIpc) is 2.16. The molecule has 1 amide bonds. The average molecular weight is 195 g/mol. The van der Waals surface area contributed by atoms with Crippen molar-refractivity contribution in [1.29, 1.82) is 0 Å². The van der Waals surface area contributed by atoms with Gasteiger partial charge in [0.05, 0.1) is 0 Å². The van der Waals surface area contributed by atoms with Crippen LogP contribution in [0.3, 0.4) is 0 Å². The summed E-state index contributed by atoms with van der Waals surface area (Å²) >= 11 is 0. The number of nitrogens with one attached hydrogen (secondary N) is 1. The van der Waals surface area contributed by atoms with Gasteiger partial charge in [-0.3, -0.25) is 4.79 Å². The minimum absolute atomic E-state index is 0.398. The van der Waals surface area contributed by atoms with Crippen molar-refractivity contribution in [2.45, 2.75) is 0 Å². The SMILES string of the molecule is O=CNc1cccc(OCC(=O)O)c1. The first kappa shape index (κ1) is 10.0. The molecule has 1 aromatic rings. The quantitative estimate of drug-likeness (QED) is 0.679. The molecule has 1 rings (SSSR count). The molecule has 0 radical (unpaired) electrons. The zero-order chi connectivity index (χ0) is 10.4. The van der Waals surface area contributed by atoms with Crippen molar-refractivity contribution in [3.63, 3.8) is 0 Å². The highest BCUT2D eigenvalue weighted by Gasteiger charge is 1.99. The molecule has 0 aliphatic carbocycles. The smallest absolute Gasteiger partial charge is 0.341 e. The summed E-state index contributed by atoms with van der Waals surface area (Å²) in [5, 5.41) is 10.8. The van der Waals surface area contributed by atoms with E-state index in [1.807, 2.05) is 0 Å². The number of carbonyl (C=O) groups is 2. The first-order chi connectivity index (χ1) is 6.72.